The highest BCUT2D eigenvalue weighted by atomic mass is 19.4. The van der Waals surface area contributed by atoms with Gasteiger partial charge in [0.15, 0.2) is 5.69 Å². The molecule has 1 aromatic heterocycles. The van der Waals surface area contributed by atoms with Crippen LogP contribution in [0.5, 0.6) is 0 Å². The van der Waals surface area contributed by atoms with Crippen LogP contribution in [0.15, 0.2) is 30.3 Å². The number of anilines is 2. The van der Waals surface area contributed by atoms with E-state index in [-0.39, 0.29) is 23.5 Å². The first-order chi connectivity index (χ1) is 13.1. The zero-order chi connectivity index (χ0) is 20.5. The van der Waals surface area contributed by atoms with Gasteiger partial charge in [0.25, 0.3) is 0 Å². The van der Waals surface area contributed by atoms with Gasteiger partial charge >= 0.3 is 6.18 Å². The topological polar surface area (TPSA) is 61.4 Å². The lowest BCUT2D eigenvalue weighted by Crippen LogP contribution is -2.34. The fourth-order valence-electron chi connectivity index (χ4n) is 2.87. The molecule has 1 amide bonds. The molecule has 6 nitrogen and oxygen atoms in total. The van der Waals surface area contributed by atoms with Crippen molar-refractivity contribution in [3.63, 3.8) is 0 Å². The van der Waals surface area contributed by atoms with E-state index in [9.17, 15) is 22.4 Å². The van der Waals surface area contributed by atoms with Crippen LogP contribution >= 0.6 is 0 Å². The predicted molar refractivity (Wildman–Crippen MR) is 95.2 cm³/mol. The minimum atomic E-state index is -4.63. The van der Waals surface area contributed by atoms with Gasteiger partial charge in [-0.3, -0.25) is 4.79 Å². The number of carbonyl (C=O) groups excluding carboxylic acids is 1. The minimum absolute atomic E-state index is 0.0819. The quantitative estimate of drug-likeness (QED) is 0.787. The molecule has 1 unspecified atom stereocenters. The third kappa shape index (κ3) is 4.49. The van der Waals surface area contributed by atoms with Crippen LogP contribution in [0.3, 0.4) is 0 Å². The van der Waals surface area contributed by atoms with E-state index in [0.29, 0.717) is 19.5 Å². The summed E-state index contributed by atoms with van der Waals surface area (Å²) in [5.41, 5.74) is -0.317. The second kappa shape index (κ2) is 7.61. The zero-order valence-corrected chi connectivity index (χ0v) is 15.3. The van der Waals surface area contributed by atoms with E-state index in [0.717, 1.165) is 11.6 Å². The Balaban J connectivity index is 1.74. The molecule has 0 bridgehead atoms. The number of nitrogens with one attached hydrogen (secondary N) is 1. The van der Waals surface area contributed by atoms with Gasteiger partial charge in [0.1, 0.15) is 17.7 Å². The molecular weight excluding hydrogens is 378 g/mol. The van der Waals surface area contributed by atoms with Crippen LogP contribution in [0.1, 0.15) is 17.7 Å². The number of alkyl halides is 3. The Hall–Kier alpha value is -2.91. The van der Waals surface area contributed by atoms with Crippen molar-refractivity contribution in [2.45, 2.75) is 25.2 Å². The highest BCUT2D eigenvalue weighted by Gasteiger charge is 2.36. The third-order valence-corrected chi connectivity index (χ3v) is 4.35. The van der Waals surface area contributed by atoms with Crippen molar-refractivity contribution in [3.05, 3.63) is 47.4 Å². The van der Waals surface area contributed by atoms with Crippen molar-refractivity contribution in [1.29, 1.82) is 0 Å². The largest absolute Gasteiger partial charge is 0.433 e. The Morgan fingerprint density at radius 1 is 1.21 bits per heavy atom. The van der Waals surface area contributed by atoms with Crippen molar-refractivity contribution in [2.24, 2.45) is 0 Å². The van der Waals surface area contributed by atoms with Crippen molar-refractivity contribution in [3.8, 4) is 0 Å². The van der Waals surface area contributed by atoms with Gasteiger partial charge in [-0.2, -0.15) is 18.2 Å². The molecule has 0 radical (unpaired) electrons. The maximum atomic E-state index is 13.1. The van der Waals surface area contributed by atoms with Crippen molar-refractivity contribution < 1.29 is 22.4 Å². The number of hydrogen-bond donors (Lipinski definition) is 1. The van der Waals surface area contributed by atoms with Gasteiger partial charge in [0, 0.05) is 33.3 Å². The number of carbonyl (C=O) groups is 1. The number of aromatic nitrogens is 2. The zero-order valence-electron chi connectivity index (χ0n) is 15.3. The summed E-state index contributed by atoms with van der Waals surface area (Å²) in [6.45, 7) is 0.719. The molecule has 28 heavy (non-hydrogen) atoms. The number of amides is 1. The second-order valence-corrected chi connectivity index (χ2v) is 6.70. The Labute approximate surface area is 159 Å². The summed E-state index contributed by atoms with van der Waals surface area (Å²) < 4.78 is 52.3. The molecule has 2 aromatic rings. The summed E-state index contributed by atoms with van der Waals surface area (Å²) in [4.78, 5) is 23.1. The van der Waals surface area contributed by atoms with Crippen LogP contribution in [0.25, 0.3) is 0 Å². The molecule has 10 heteroatoms. The summed E-state index contributed by atoms with van der Waals surface area (Å²) in [7, 11) is 3.13. The van der Waals surface area contributed by atoms with Crippen molar-refractivity contribution in [1.82, 2.24) is 14.9 Å². The van der Waals surface area contributed by atoms with Crippen LogP contribution in [0.4, 0.5) is 29.3 Å². The standard InChI is InChI=1S/C18H19F4N5O/c1-26(2)15-9-14(18(20,21)22)24-17(25-15)23-13-7-8-27(16(13)28)10-11-3-5-12(19)6-4-11/h3-6,9,13H,7-8,10H2,1-2H3,(H,23,24,25). The van der Waals surface area contributed by atoms with E-state index >= 15 is 0 Å². The van der Waals surface area contributed by atoms with E-state index in [1.54, 1.807) is 31.1 Å². The highest BCUT2D eigenvalue weighted by molar-refractivity contribution is 5.86. The van der Waals surface area contributed by atoms with Crippen LogP contribution in [-0.2, 0) is 17.5 Å². The van der Waals surface area contributed by atoms with E-state index < -0.39 is 17.9 Å². The van der Waals surface area contributed by atoms with Crippen molar-refractivity contribution in [2.75, 3.05) is 30.9 Å². The Kier molecular flexibility index (Phi) is 5.39. The van der Waals surface area contributed by atoms with Crippen molar-refractivity contribution >= 4 is 17.7 Å². The van der Waals surface area contributed by atoms with Gasteiger partial charge < -0.3 is 15.1 Å². The summed E-state index contributed by atoms with van der Waals surface area (Å²) >= 11 is 0. The number of hydrogen-bond acceptors (Lipinski definition) is 5. The van der Waals surface area contributed by atoms with E-state index in [4.69, 9.17) is 0 Å². The summed E-state index contributed by atoms with van der Waals surface area (Å²) in [5.74, 6) is -0.801. The van der Waals surface area contributed by atoms with Crippen LogP contribution in [0.2, 0.25) is 0 Å². The average molecular weight is 397 g/mol. The molecule has 0 aliphatic carbocycles. The van der Waals surface area contributed by atoms with Crippen LogP contribution in [0, 0.1) is 5.82 Å². The maximum Gasteiger partial charge on any atom is 0.433 e. The first kappa shape index (κ1) is 19.8. The normalized spacial score (nSPS) is 17.1. The van der Waals surface area contributed by atoms with Gasteiger partial charge in [-0.15, -0.1) is 0 Å². The maximum absolute atomic E-state index is 13.1. The fourth-order valence-corrected chi connectivity index (χ4v) is 2.87. The van der Waals surface area contributed by atoms with Gasteiger partial charge in [0.05, 0.1) is 0 Å². The Bertz CT molecular complexity index is 854. The summed E-state index contributed by atoms with van der Waals surface area (Å²) in [5, 5.41) is 2.72. The van der Waals surface area contributed by atoms with Crippen LogP contribution in [-0.4, -0.2) is 47.5 Å². The summed E-state index contributed by atoms with van der Waals surface area (Å²) in [6, 6.07) is 5.92. The molecule has 0 saturated carbocycles. The van der Waals surface area contributed by atoms with Gasteiger partial charge in [-0.1, -0.05) is 12.1 Å². The second-order valence-electron chi connectivity index (χ2n) is 6.70. The van der Waals surface area contributed by atoms with E-state index in [2.05, 4.69) is 15.3 Å². The first-order valence-electron chi connectivity index (χ1n) is 8.57. The summed E-state index contributed by atoms with van der Waals surface area (Å²) in [6.07, 6.45) is -4.23. The molecule has 150 valence electrons. The molecule has 1 aromatic carbocycles. The SMILES string of the molecule is CN(C)c1cc(C(F)(F)F)nc(NC2CCN(Cc3ccc(F)cc3)C2=O)n1. The minimum Gasteiger partial charge on any atom is -0.363 e. The molecule has 1 aliphatic rings. The van der Waals surface area contributed by atoms with E-state index in [1.165, 1.54) is 17.0 Å². The smallest absolute Gasteiger partial charge is 0.363 e. The average Bonchev–Trinajstić information content (AvgIpc) is 2.96. The number of benzene rings is 1. The molecule has 0 spiro atoms. The monoisotopic (exact) mass is 397 g/mol. The lowest BCUT2D eigenvalue weighted by atomic mass is 10.2. The Morgan fingerprint density at radius 3 is 2.50 bits per heavy atom. The number of nitrogens with zero attached hydrogens (tertiary/aromatic N) is 4. The lowest BCUT2D eigenvalue weighted by molar-refractivity contribution is -0.141. The molecular formula is C18H19F4N5O. The molecule has 1 fully saturated rings. The molecule has 1 saturated heterocycles. The number of rotatable bonds is 5. The molecule has 1 atom stereocenters. The fraction of sp³-hybridized carbons (Fsp3) is 0.389. The van der Waals surface area contributed by atoms with Gasteiger partial charge in [0.2, 0.25) is 11.9 Å². The van der Waals surface area contributed by atoms with Gasteiger partial charge in [-0.25, -0.2) is 9.37 Å². The van der Waals surface area contributed by atoms with Gasteiger partial charge in [-0.05, 0) is 24.1 Å². The number of halogens is 4. The van der Waals surface area contributed by atoms with E-state index in [1.807, 2.05) is 0 Å². The van der Waals surface area contributed by atoms with Crippen LogP contribution < -0.4 is 10.2 Å². The number of likely N-dealkylation sites (tertiary alicyclic amines) is 1. The Morgan fingerprint density at radius 2 is 1.89 bits per heavy atom. The third-order valence-electron chi connectivity index (χ3n) is 4.35. The lowest BCUT2D eigenvalue weighted by Gasteiger charge is -2.19. The molecule has 1 aliphatic heterocycles. The molecule has 3 rings (SSSR count). The highest BCUT2D eigenvalue weighted by Crippen LogP contribution is 2.30. The molecule has 1 N–H and O–H groups in total. The first-order valence-corrected chi connectivity index (χ1v) is 8.57. The molecule has 2 heterocycles. The predicted octanol–water partition coefficient (Wildman–Crippen LogP) is 2.91.